The Labute approximate surface area is 132 Å². The lowest BCUT2D eigenvalue weighted by Crippen LogP contribution is -2.35. The summed E-state index contributed by atoms with van der Waals surface area (Å²) in [4.78, 5) is 28.7. The number of nitrogens with one attached hydrogen (secondary N) is 3. The van der Waals surface area contributed by atoms with Gasteiger partial charge < -0.3 is 20.0 Å². The highest BCUT2D eigenvalue weighted by Crippen LogP contribution is 2.12. The summed E-state index contributed by atoms with van der Waals surface area (Å²) >= 11 is 0. The summed E-state index contributed by atoms with van der Waals surface area (Å²) in [6.07, 6.45) is -0.590. The van der Waals surface area contributed by atoms with Crippen molar-refractivity contribution in [2.45, 2.75) is 19.6 Å². The molecular weight excluding hydrogens is 294 g/mol. The standard InChI is InChI=1S/C17H17N3O3/c1-11(23-13-5-3-2-4-6-13)16(21)18-10-12-7-8-14-15(9-12)20-17(22)19-14/h2-9,11H,10H2,1H3,(H,18,21)(H2,19,20,22)/t11-/m0/s1. The Morgan fingerprint density at radius 3 is 2.65 bits per heavy atom. The highest BCUT2D eigenvalue weighted by Gasteiger charge is 2.14. The second-order valence-electron chi connectivity index (χ2n) is 5.25. The van der Waals surface area contributed by atoms with Crippen LogP contribution in [-0.4, -0.2) is 22.0 Å². The lowest BCUT2D eigenvalue weighted by atomic mass is 10.2. The van der Waals surface area contributed by atoms with Crippen molar-refractivity contribution < 1.29 is 9.53 Å². The Kier molecular flexibility index (Phi) is 4.14. The van der Waals surface area contributed by atoms with E-state index < -0.39 is 6.10 Å². The van der Waals surface area contributed by atoms with Crippen LogP contribution in [0.5, 0.6) is 5.75 Å². The number of aromatic amines is 2. The van der Waals surface area contributed by atoms with Gasteiger partial charge in [0.1, 0.15) is 5.75 Å². The van der Waals surface area contributed by atoms with Gasteiger partial charge in [0.2, 0.25) is 0 Å². The van der Waals surface area contributed by atoms with Crippen LogP contribution in [0.2, 0.25) is 0 Å². The number of hydrogen-bond acceptors (Lipinski definition) is 3. The SMILES string of the molecule is C[C@H](Oc1ccccc1)C(=O)NCc1ccc2[nH]c(=O)[nH]c2c1. The van der Waals surface area contributed by atoms with Crippen molar-refractivity contribution in [3.05, 3.63) is 64.6 Å². The summed E-state index contributed by atoms with van der Waals surface area (Å²) in [5.74, 6) is 0.456. The van der Waals surface area contributed by atoms with Gasteiger partial charge in [-0.25, -0.2) is 4.79 Å². The van der Waals surface area contributed by atoms with Gasteiger partial charge in [0, 0.05) is 6.54 Å². The third-order valence-corrected chi connectivity index (χ3v) is 3.47. The number of aromatic nitrogens is 2. The molecule has 1 heterocycles. The molecule has 0 aliphatic rings. The molecule has 3 rings (SSSR count). The molecule has 0 aliphatic carbocycles. The molecule has 0 bridgehead atoms. The molecule has 1 amide bonds. The van der Waals surface area contributed by atoms with E-state index in [1.165, 1.54) is 0 Å². The van der Waals surface area contributed by atoms with Crippen LogP contribution in [0.1, 0.15) is 12.5 Å². The number of amides is 1. The number of imidazole rings is 1. The predicted molar refractivity (Wildman–Crippen MR) is 87.3 cm³/mol. The van der Waals surface area contributed by atoms with Gasteiger partial charge in [-0.15, -0.1) is 0 Å². The molecule has 0 radical (unpaired) electrons. The molecule has 118 valence electrons. The fraction of sp³-hybridized carbons (Fsp3) is 0.176. The van der Waals surface area contributed by atoms with Crippen LogP contribution in [0.4, 0.5) is 0 Å². The first-order valence-corrected chi connectivity index (χ1v) is 7.32. The maximum atomic E-state index is 12.1. The average Bonchev–Trinajstić information content (AvgIpc) is 2.92. The highest BCUT2D eigenvalue weighted by molar-refractivity contribution is 5.81. The van der Waals surface area contributed by atoms with Crippen LogP contribution in [0.25, 0.3) is 11.0 Å². The third-order valence-electron chi connectivity index (χ3n) is 3.47. The quantitative estimate of drug-likeness (QED) is 0.673. The minimum absolute atomic E-state index is 0.198. The van der Waals surface area contributed by atoms with E-state index in [1.54, 1.807) is 25.1 Å². The number of fused-ring (bicyclic) bond motifs is 1. The molecule has 6 heteroatoms. The first-order chi connectivity index (χ1) is 11.1. The lowest BCUT2D eigenvalue weighted by molar-refractivity contribution is -0.127. The fourth-order valence-corrected chi connectivity index (χ4v) is 2.28. The topological polar surface area (TPSA) is 87.0 Å². The number of ether oxygens (including phenoxy) is 1. The molecular formula is C17H17N3O3. The van der Waals surface area contributed by atoms with Gasteiger partial charge in [0.25, 0.3) is 5.91 Å². The molecule has 3 aromatic rings. The molecule has 1 atom stereocenters. The zero-order chi connectivity index (χ0) is 16.2. The van der Waals surface area contributed by atoms with E-state index in [1.807, 2.05) is 30.3 Å². The summed E-state index contributed by atoms with van der Waals surface area (Å²) in [5, 5.41) is 2.82. The molecule has 0 saturated carbocycles. The van der Waals surface area contributed by atoms with Gasteiger partial charge in [0.15, 0.2) is 6.10 Å². The van der Waals surface area contributed by atoms with Crippen molar-refractivity contribution >= 4 is 16.9 Å². The van der Waals surface area contributed by atoms with Crippen LogP contribution >= 0.6 is 0 Å². The van der Waals surface area contributed by atoms with E-state index in [0.29, 0.717) is 12.3 Å². The molecule has 0 saturated heterocycles. The van der Waals surface area contributed by atoms with Gasteiger partial charge >= 0.3 is 5.69 Å². The zero-order valence-electron chi connectivity index (χ0n) is 12.6. The summed E-state index contributed by atoms with van der Waals surface area (Å²) in [6, 6.07) is 14.7. The maximum Gasteiger partial charge on any atom is 0.323 e. The molecule has 0 fully saturated rings. The van der Waals surface area contributed by atoms with E-state index in [9.17, 15) is 9.59 Å². The number of carbonyl (C=O) groups is 1. The molecule has 3 N–H and O–H groups in total. The van der Waals surface area contributed by atoms with Gasteiger partial charge in [-0.2, -0.15) is 0 Å². The van der Waals surface area contributed by atoms with Gasteiger partial charge in [0.05, 0.1) is 11.0 Å². The van der Waals surface area contributed by atoms with Gasteiger partial charge in [-0.3, -0.25) is 4.79 Å². The molecule has 0 unspecified atom stereocenters. The summed E-state index contributed by atoms with van der Waals surface area (Å²) in [7, 11) is 0. The monoisotopic (exact) mass is 311 g/mol. The minimum atomic E-state index is -0.590. The largest absolute Gasteiger partial charge is 0.481 e. The van der Waals surface area contributed by atoms with Gasteiger partial charge in [-0.05, 0) is 36.8 Å². The summed E-state index contributed by atoms with van der Waals surface area (Å²) < 4.78 is 5.57. The van der Waals surface area contributed by atoms with E-state index in [2.05, 4.69) is 15.3 Å². The fourth-order valence-electron chi connectivity index (χ4n) is 2.28. The average molecular weight is 311 g/mol. The van der Waals surface area contributed by atoms with Crippen molar-refractivity contribution in [2.75, 3.05) is 0 Å². The Morgan fingerprint density at radius 2 is 1.87 bits per heavy atom. The number of H-pyrrole nitrogens is 2. The number of hydrogen-bond donors (Lipinski definition) is 3. The molecule has 0 aliphatic heterocycles. The van der Waals surface area contributed by atoms with Crippen LogP contribution < -0.4 is 15.7 Å². The van der Waals surface area contributed by atoms with E-state index in [0.717, 1.165) is 16.6 Å². The van der Waals surface area contributed by atoms with E-state index >= 15 is 0 Å². The Balaban J connectivity index is 1.59. The molecule has 23 heavy (non-hydrogen) atoms. The van der Waals surface area contributed by atoms with E-state index in [4.69, 9.17) is 4.74 Å². The molecule has 6 nitrogen and oxygen atoms in total. The van der Waals surface area contributed by atoms with Gasteiger partial charge in [-0.1, -0.05) is 24.3 Å². The van der Waals surface area contributed by atoms with Crippen LogP contribution in [0.15, 0.2) is 53.3 Å². The molecule has 1 aromatic heterocycles. The zero-order valence-corrected chi connectivity index (χ0v) is 12.6. The maximum absolute atomic E-state index is 12.1. The minimum Gasteiger partial charge on any atom is -0.481 e. The number of benzene rings is 2. The number of para-hydroxylation sites is 1. The molecule has 0 spiro atoms. The van der Waals surface area contributed by atoms with E-state index in [-0.39, 0.29) is 11.6 Å². The highest BCUT2D eigenvalue weighted by atomic mass is 16.5. The number of rotatable bonds is 5. The smallest absolute Gasteiger partial charge is 0.323 e. The van der Waals surface area contributed by atoms with Crippen LogP contribution in [0, 0.1) is 0 Å². The normalized spacial score (nSPS) is 12.0. The van der Waals surface area contributed by atoms with Crippen molar-refractivity contribution in [3.63, 3.8) is 0 Å². The Bertz CT molecular complexity index is 867. The predicted octanol–water partition coefficient (Wildman–Crippen LogP) is 1.94. The summed E-state index contributed by atoms with van der Waals surface area (Å²) in [5.41, 5.74) is 2.11. The Hall–Kier alpha value is -3.02. The lowest BCUT2D eigenvalue weighted by Gasteiger charge is -2.14. The first kappa shape index (κ1) is 14.9. The summed E-state index contributed by atoms with van der Waals surface area (Å²) in [6.45, 7) is 2.07. The van der Waals surface area contributed by atoms with Crippen molar-refractivity contribution in [1.82, 2.24) is 15.3 Å². The second kappa shape index (κ2) is 6.39. The van der Waals surface area contributed by atoms with Crippen LogP contribution in [0.3, 0.4) is 0 Å². The van der Waals surface area contributed by atoms with Crippen molar-refractivity contribution in [1.29, 1.82) is 0 Å². The van der Waals surface area contributed by atoms with Crippen LogP contribution in [-0.2, 0) is 11.3 Å². The van der Waals surface area contributed by atoms with Crippen molar-refractivity contribution in [3.8, 4) is 5.75 Å². The Morgan fingerprint density at radius 1 is 1.13 bits per heavy atom. The molecule has 2 aromatic carbocycles. The second-order valence-corrected chi connectivity index (χ2v) is 5.25. The van der Waals surface area contributed by atoms with Crippen molar-refractivity contribution in [2.24, 2.45) is 0 Å². The third kappa shape index (κ3) is 3.60. The first-order valence-electron chi connectivity index (χ1n) is 7.32. The number of carbonyl (C=O) groups excluding carboxylic acids is 1.